The summed E-state index contributed by atoms with van der Waals surface area (Å²) in [7, 11) is 1.80. The molecule has 6 nitrogen and oxygen atoms in total. The van der Waals surface area contributed by atoms with Crippen molar-refractivity contribution in [3.05, 3.63) is 17.5 Å². The second-order valence-corrected chi connectivity index (χ2v) is 4.34. The third kappa shape index (κ3) is 4.19. The molecule has 2 heterocycles. The predicted octanol–water partition coefficient (Wildman–Crippen LogP) is 0.897. The van der Waals surface area contributed by atoms with E-state index in [1.807, 2.05) is 6.20 Å². The molecule has 0 radical (unpaired) electrons. The summed E-state index contributed by atoms with van der Waals surface area (Å²) in [5.74, 6) is -0.363. The van der Waals surface area contributed by atoms with Gasteiger partial charge in [-0.2, -0.15) is 5.10 Å². The first-order valence-corrected chi connectivity index (χ1v) is 6.21. The molecule has 0 aliphatic carbocycles. The van der Waals surface area contributed by atoms with Crippen LogP contribution in [0.5, 0.6) is 0 Å². The number of aryl methyl sites for hydroxylation is 1. The molecule has 108 valence electrons. The standard InChI is InChI=1S/C12H19N3O3.ClH/c1-3-18-12(16)11-9(7-15(2)14-11)6-13-10-4-5-17-8-10;/h7,10,13H,3-6,8H2,1-2H3;1H. The number of nitrogens with one attached hydrogen (secondary N) is 1. The molecule has 1 unspecified atom stereocenters. The Bertz CT molecular complexity index is 416. The highest BCUT2D eigenvalue weighted by molar-refractivity contribution is 5.88. The van der Waals surface area contributed by atoms with Gasteiger partial charge in [0.15, 0.2) is 5.69 Å². The Morgan fingerprint density at radius 2 is 2.47 bits per heavy atom. The molecule has 0 amide bonds. The van der Waals surface area contributed by atoms with Crippen LogP contribution >= 0.6 is 12.4 Å². The van der Waals surface area contributed by atoms with Crippen LogP contribution in [0.1, 0.15) is 29.4 Å². The van der Waals surface area contributed by atoms with Gasteiger partial charge in [0.05, 0.1) is 13.2 Å². The second kappa shape index (κ2) is 7.47. The van der Waals surface area contributed by atoms with Gasteiger partial charge < -0.3 is 14.8 Å². The van der Waals surface area contributed by atoms with Gasteiger partial charge in [0.25, 0.3) is 0 Å². The van der Waals surface area contributed by atoms with Crippen LogP contribution in [-0.4, -0.2) is 41.6 Å². The molecular formula is C12H20ClN3O3. The number of aromatic nitrogens is 2. The van der Waals surface area contributed by atoms with Crippen LogP contribution in [0.3, 0.4) is 0 Å². The quantitative estimate of drug-likeness (QED) is 0.816. The molecule has 0 bridgehead atoms. The SMILES string of the molecule is CCOC(=O)c1nn(C)cc1CNC1CCOC1.Cl. The maximum atomic E-state index is 11.7. The fourth-order valence-corrected chi connectivity index (χ4v) is 1.99. The molecule has 0 spiro atoms. The zero-order chi connectivity index (χ0) is 13.0. The molecule has 1 saturated heterocycles. The van der Waals surface area contributed by atoms with Crippen LogP contribution in [0.2, 0.25) is 0 Å². The van der Waals surface area contributed by atoms with E-state index >= 15 is 0 Å². The monoisotopic (exact) mass is 289 g/mol. The molecule has 0 saturated carbocycles. The number of hydrogen-bond donors (Lipinski definition) is 1. The van der Waals surface area contributed by atoms with Crippen LogP contribution in [0.25, 0.3) is 0 Å². The molecule has 0 aromatic carbocycles. The van der Waals surface area contributed by atoms with Gasteiger partial charge in [-0.1, -0.05) is 0 Å². The third-order valence-corrected chi connectivity index (χ3v) is 2.88. The molecular weight excluding hydrogens is 270 g/mol. The van der Waals surface area contributed by atoms with E-state index in [-0.39, 0.29) is 18.4 Å². The van der Waals surface area contributed by atoms with Gasteiger partial charge in [-0.25, -0.2) is 4.79 Å². The average molecular weight is 290 g/mol. The van der Waals surface area contributed by atoms with E-state index in [0.29, 0.717) is 24.9 Å². The Morgan fingerprint density at radius 1 is 1.68 bits per heavy atom. The summed E-state index contributed by atoms with van der Waals surface area (Å²) in [6.45, 7) is 4.29. The van der Waals surface area contributed by atoms with Crippen LogP contribution in [0.4, 0.5) is 0 Å². The van der Waals surface area contributed by atoms with Crippen molar-refractivity contribution >= 4 is 18.4 Å². The fourth-order valence-electron chi connectivity index (χ4n) is 1.99. The topological polar surface area (TPSA) is 65.4 Å². The Labute approximate surface area is 118 Å². The summed E-state index contributed by atoms with van der Waals surface area (Å²) >= 11 is 0. The molecule has 19 heavy (non-hydrogen) atoms. The highest BCUT2D eigenvalue weighted by Gasteiger charge is 2.19. The summed E-state index contributed by atoms with van der Waals surface area (Å²) in [6.07, 6.45) is 2.85. The number of carbonyl (C=O) groups excluding carboxylic acids is 1. The van der Waals surface area contributed by atoms with Crippen LogP contribution in [0.15, 0.2) is 6.20 Å². The Balaban J connectivity index is 0.00000180. The number of hydrogen-bond acceptors (Lipinski definition) is 5. The van der Waals surface area contributed by atoms with Gasteiger partial charge in [0, 0.05) is 38.0 Å². The molecule has 1 N–H and O–H groups in total. The molecule has 7 heteroatoms. The summed E-state index contributed by atoms with van der Waals surface area (Å²) < 4.78 is 11.9. The smallest absolute Gasteiger partial charge is 0.359 e. The summed E-state index contributed by atoms with van der Waals surface area (Å²) in [5.41, 5.74) is 1.26. The Kier molecular flexibility index (Phi) is 6.27. The van der Waals surface area contributed by atoms with Crippen LogP contribution in [0, 0.1) is 0 Å². The lowest BCUT2D eigenvalue weighted by Gasteiger charge is -2.09. The third-order valence-electron chi connectivity index (χ3n) is 2.88. The van der Waals surface area contributed by atoms with Crippen molar-refractivity contribution in [2.75, 3.05) is 19.8 Å². The first kappa shape index (κ1) is 15.9. The van der Waals surface area contributed by atoms with Gasteiger partial charge in [-0.3, -0.25) is 4.68 Å². The lowest BCUT2D eigenvalue weighted by atomic mass is 10.2. The average Bonchev–Trinajstić information content (AvgIpc) is 2.95. The zero-order valence-corrected chi connectivity index (χ0v) is 12.0. The van der Waals surface area contributed by atoms with Gasteiger partial charge in [0.1, 0.15) is 0 Å². The van der Waals surface area contributed by atoms with E-state index in [0.717, 1.165) is 25.2 Å². The van der Waals surface area contributed by atoms with E-state index in [1.54, 1.807) is 18.7 Å². The molecule has 1 aromatic heterocycles. The minimum absolute atomic E-state index is 0. The number of rotatable bonds is 5. The van der Waals surface area contributed by atoms with Crippen molar-refractivity contribution in [1.29, 1.82) is 0 Å². The van der Waals surface area contributed by atoms with Crippen LogP contribution in [-0.2, 0) is 23.1 Å². The van der Waals surface area contributed by atoms with Gasteiger partial charge in [0.2, 0.25) is 0 Å². The number of ether oxygens (including phenoxy) is 2. The molecule has 1 aliphatic rings. The van der Waals surface area contributed by atoms with E-state index in [1.165, 1.54) is 0 Å². The van der Waals surface area contributed by atoms with Crippen molar-refractivity contribution in [2.24, 2.45) is 7.05 Å². The zero-order valence-electron chi connectivity index (χ0n) is 11.2. The second-order valence-electron chi connectivity index (χ2n) is 4.34. The predicted molar refractivity (Wildman–Crippen MR) is 72.5 cm³/mol. The normalized spacial score (nSPS) is 18.1. The number of carbonyl (C=O) groups is 1. The molecule has 2 rings (SSSR count). The van der Waals surface area contributed by atoms with E-state index in [2.05, 4.69) is 10.4 Å². The number of halogens is 1. The van der Waals surface area contributed by atoms with E-state index in [4.69, 9.17) is 9.47 Å². The van der Waals surface area contributed by atoms with E-state index < -0.39 is 0 Å². The van der Waals surface area contributed by atoms with Gasteiger partial charge >= 0.3 is 5.97 Å². The van der Waals surface area contributed by atoms with Crippen LogP contribution < -0.4 is 5.32 Å². The maximum absolute atomic E-state index is 11.7. The lowest BCUT2D eigenvalue weighted by Crippen LogP contribution is -2.29. The lowest BCUT2D eigenvalue weighted by molar-refractivity contribution is 0.0517. The first-order chi connectivity index (χ1) is 8.70. The Hall–Kier alpha value is -1.11. The molecule has 1 aromatic rings. The number of nitrogens with zero attached hydrogens (tertiary/aromatic N) is 2. The molecule has 1 atom stereocenters. The minimum atomic E-state index is -0.363. The highest BCUT2D eigenvalue weighted by atomic mass is 35.5. The summed E-state index contributed by atoms with van der Waals surface area (Å²) in [4.78, 5) is 11.7. The van der Waals surface area contributed by atoms with Crippen molar-refractivity contribution in [2.45, 2.75) is 25.9 Å². The minimum Gasteiger partial charge on any atom is -0.461 e. The highest BCUT2D eigenvalue weighted by Crippen LogP contribution is 2.10. The molecule has 1 aliphatic heterocycles. The van der Waals surface area contributed by atoms with Crippen molar-refractivity contribution < 1.29 is 14.3 Å². The Morgan fingerprint density at radius 3 is 3.11 bits per heavy atom. The number of esters is 1. The summed E-state index contributed by atoms with van der Waals surface area (Å²) in [5, 5.41) is 7.51. The summed E-state index contributed by atoms with van der Waals surface area (Å²) in [6, 6.07) is 0.361. The van der Waals surface area contributed by atoms with Crippen molar-refractivity contribution in [3.8, 4) is 0 Å². The first-order valence-electron chi connectivity index (χ1n) is 6.21. The van der Waals surface area contributed by atoms with Gasteiger partial charge in [-0.15, -0.1) is 12.4 Å². The van der Waals surface area contributed by atoms with Crippen molar-refractivity contribution in [1.82, 2.24) is 15.1 Å². The van der Waals surface area contributed by atoms with Crippen molar-refractivity contribution in [3.63, 3.8) is 0 Å². The van der Waals surface area contributed by atoms with E-state index in [9.17, 15) is 4.79 Å². The maximum Gasteiger partial charge on any atom is 0.359 e. The molecule has 1 fully saturated rings. The fraction of sp³-hybridized carbons (Fsp3) is 0.667. The largest absolute Gasteiger partial charge is 0.461 e. The van der Waals surface area contributed by atoms with Gasteiger partial charge in [-0.05, 0) is 13.3 Å².